The molecule has 0 aromatic heterocycles. The van der Waals surface area contributed by atoms with Crippen LogP contribution in [0.2, 0.25) is 0 Å². The van der Waals surface area contributed by atoms with Crippen LogP contribution in [0, 0.1) is 11.8 Å². The Morgan fingerprint density at radius 2 is 2.17 bits per heavy atom. The number of nitrogens with zero attached hydrogens (tertiary/aromatic N) is 1. The molecular weight excluding hydrogens is 418 g/mol. The number of aliphatic carboxylic acids is 1. The topological polar surface area (TPSA) is 136 Å². The van der Waals surface area contributed by atoms with Crippen molar-refractivity contribution in [2.75, 3.05) is 19.3 Å². The van der Waals surface area contributed by atoms with Gasteiger partial charge in [0.05, 0.1) is 24.3 Å². The van der Waals surface area contributed by atoms with Crippen LogP contribution < -0.4 is 10.0 Å². The van der Waals surface area contributed by atoms with E-state index in [2.05, 4.69) is 10.0 Å². The molecule has 1 amide bonds. The third-order valence-electron chi connectivity index (χ3n) is 5.56. The zero-order valence-corrected chi connectivity index (χ0v) is 18.2. The number of amides is 1. The maximum Gasteiger partial charge on any atom is 0.353 e. The summed E-state index contributed by atoms with van der Waals surface area (Å²) in [5.74, 6) is -2.14. The minimum Gasteiger partial charge on any atom is -0.477 e. The second kappa shape index (κ2) is 8.38. The first kappa shape index (κ1) is 22.3. The molecule has 0 bridgehead atoms. The van der Waals surface area contributed by atoms with Gasteiger partial charge in [0.2, 0.25) is 15.9 Å². The number of nitrogens with one attached hydrogen (secondary N) is 2. The molecule has 11 heteroatoms. The zero-order chi connectivity index (χ0) is 21.5. The molecule has 0 aromatic rings. The van der Waals surface area contributed by atoms with Gasteiger partial charge in [0.1, 0.15) is 5.70 Å². The van der Waals surface area contributed by atoms with Gasteiger partial charge in [0.15, 0.2) is 0 Å². The van der Waals surface area contributed by atoms with Crippen LogP contribution >= 0.6 is 11.8 Å². The number of sulfonamides is 1. The highest BCUT2D eigenvalue weighted by Gasteiger charge is 2.60. The maximum atomic E-state index is 12.4. The van der Waals surface area contributed by atoms with Gasteiger partial charge in [-0.2, -0.15) is 0 Å². The Morgan fingerprint density at radius 3 is 2.76 bits per heavy atom. The number of aliphatic hydroxyl groups is 1. The van der Waals surface area contributed by atoms with Crippen LogP contribution in [0.5, 0.6) is 0 Å². The van der Waals surface area contributed by atoms with Crippen LogP contribution in [0.1, 0.15) is 20.3 Å². The predicted octanol–water partition coefficient (Wildman–Crippen LogP) is -0.291. The number of rotatable bonds is 8. The summed E-state index contributed by atoms with van der Waals surface area (Å²) in [6, 6.07) is -0.230. The lowest BCUT2D eigenvalue weighted by Crippen LogP contribution is -2.63. The number of thioether (sulfide) groups is 1. The highest BCUT2D eigenvalue weighted by atomic mass is 32.2. The third-order valence-corrected chi connectivity index (χ3v) is 7.76. The van der Waals surface area contributed by atoms with Crippen LogP contribution in [0.25, 0.3) is 0 Å². The molecule has 3 rings (SSSR count). The van der Waals surface area contributed by atoms with E-state index in [0.29, 0.717) is 11.4 Å². The molecular formula is C18H27N3O6S2. The number of hydrogen-bond acceptors (Lipinski definition) is 7. The van der Waals surface area contributed by atoms with E-state index in [1.807, 2.05) is 13.0 Å². The van der Waals surface area contributed by atoms with Crippen molar-refractivity contribution in [2.45, 2.75) is 43.7 Å². The molecule has 4 N–H and O–H groups in total. The van der Waals surface area contributed by atoms with Gasteiger partial charge in [-0.05, 0) is 13.3 Å². The van der Waals surface area contributed by atoms with Gasteiger partial charge >= 0.3 is 5.97 Å². The van der Waals surface area contributed by atoms with Crippen LogP contribution in [-0.2, 0) is 19.6 Å². The maximum absolute atomic E-state index is 12.4. The fraction of sp³-hybridized carbons (Fsp3) is 0.667. The van der Waals surface area contributed by atoms with Crippen LogP contribution in [0.4, 0.5) is 0 Å². The molecule has 3 heterocycles. The first-order chi connectivity index (χ1) is 13.5. The second-order valence-electron chi connectivity index (χ2n) is 7.81. The molecule has 0 aromatic carbocycles. The van der Waals surface area contributed by atoms with Crippen molar-refractivity contribution < 1.29 is 28.2 Å². The third kappa shape index (κ3) is 4.53. The molecule has 0 radical (unpaired) electrons. The van der Waals surface area contributed by atoms with E-state index in [1.165, 1.54) is 16.7 Å². The van der Waals surface area contributed by atoms with E-state index in [0.717, 1.165) is 12.7 Å². The van der Waals surface area contributed by atoms with E-state index in [9.17, 15) is 28.2 Å². The van der Waals surface area contributed by atoms with Gasteiger partial charge < -0.3 is 20.4 Å². The van der Waals surface area contributed by atoms with Crippen molar-refractivity contribution in [3.63, 3.8) is 0 Å². The molecule has 2 saturated heterocycles. The lowest BCUT2D eigenvalue weighted by Gasteiger charge is -2.46. The molecule has 0 saturated carbocycles. The molecule has 162 valence electrons. The Kier molecular flexibility index (Phi) is 6.44. The minimum absolute atomic E-state index is 0.0470. The van der Waals surface area contributed by atoms with Gasteiger partial charge in [-0.1, -0.05) is 19.1 Å². The fourth-order valence-corrected chi connectivity index (χ4v) is 6.15. The average Bonchev–Trinajstić information content (AvgIpc) is 3.13. The summed E-state index contributed by atoms with van der Waals surface area (Å²) in [4.78, 5) is 26.3. The van der Waals surface area contributed by atoms with E-state index in [1.54, 1.807) is 13.0 Å². The summed E-state index contributed by atoms with van der Waals surface area (Å²) in [6.07, 6.45) is 4.72. The number of fused-ring (bicyclic) bond motifs is 1. The summed E-state index contributed by atoms with van der Waals surface area (Å²) in [5.41, 5.74) is 0.0470. The molecule has 0 aliphatic carbocycles. The lowest BCUT2D eigenvalue weighted by molar-refractivity contribution is -0.163. The standard InChI is InChI=1S/C18H27N3O6S2/c1-9-14-13(10(2)22)17(23)21(14)15(18(24)25)16(9)28-12-7-11(19-8-12)5-4-6-20-29(3,26)27/h4-5,9-14,19-20,22H,6-8H2,1-3H3,(H,24,25)/t9-,10?,11-,12+,13?,14-/m1/s1. The number of β-lactam (4-membered cyclic amide) rings is 1. The lowest BCUT2D eigenvalue weighted by atomic mass is 9.79. The van der Waals surface area contributed by atoms with Crippen molar-refractivity contribution in [3.05, 3.63) is 22.8 Å². The summed E-state index contributed by atoms with van der Waals surface area (Å²) in [5, 5.41) is 23.1. The van der Waals surface area contributed by atoms with Crippen molar-refractivity contribution >= 4 is 33.7 Å². The van der Waals surface area contributed by atoms with Crippen LogP contribution in [0.3, 0.4) is 0 Å². The molecule has 2 unspecified atom stereocenters. The summed E-state index contributed by atoms with van der Waals surface area (Å²) in [7, 11) is -3.22. The van der Waals surface area contributed by atoms with Crippen molar-refractivity contribution in [1.29, 1.82) is 0 Å². The van der Waals surface area contributed by atoms with Crippen molar-refractivity contribution in [1.82, 2.24) is 14.9 Å². The van der Waals surface area contributed by atoms with Crippen molar-refractivity contribution in [3.8, 4) is 0 Å². The van der Waals surface area contributed by atoms with Crippen molar-refractivity contribution in [2.24, 2.45) is 11.8 Å². The second-order valence-corrected chi connectivity index (χ2v) is 11.0. The Morgan fingerprint density at radius 1 is 1.48 bits per heavy atom. The smallest absolute Gasteiger partial charge is 0.353 e. The van der Waals surface area contributed by atoms with Crippen LogP contribution in [0.15, 0.2) is 22.8 Å². The van der Waals surface area contributed by atoms with Crippen LogP contribution in [-0.4, -0.2) is 78.2 Å². The van der Waals surface area contributed by atoms with E-state index in [-0.39, 0.29) is 41.4 Å². The van der Waals surface area contributed by atoms with E-state index >= 15 is 0 Å². The zero-order valence-electron chi connectivity index (χ0n) is 16.5. The number of aliphatic hydroxyl groups excluding tert-OH is 1. The van der Waals surface area contributed by atoms with Gasteiger partial charge in [0, 0.05) is 35.2 Å². The summed E-state index contributed by atoms with van der Waals surface area (Å²) in [6.45, 7) is 4.38. The highest BCUT2D eigenvalue weighted by molar-refractivity contribution is 8.03. The Balaban J connectivity index is 1.65. The predicted molar refractivity (Wildman–Crippen MR) is 109 cm³/mol. The van der Waals surface area contributed by atoms with Gasteiger partial charge in [0.25, 0.3) is 0 Å². The van der Waals surface area contributed by atoms with Gasteiger partial charge in [-0.25, -0.2) is 17.9 Å². The molecule has 29 heavy (non-hydrogen) atoms. The van der Waals surface area contributed by atoms with Gasteiger partial charge in [-0.15, -0.1) is 11.8 Å². The average molecular weight is 446 g/mol. The van der Waals surface area contributed by atoms with E-state index < -0.39 is 28.0 Å². The number of carboxylic acids is 1. The molecule has 3 aliphatic rings. The number of hydrogen-bond donors (Lipinski definition) is 4. The molecule has 0 spiro atoms. The molecule has 3 aliphatic heterocycles. The Labute approximate surface area is 174 Å². The Bertz CT molecular complexity index is 854. The minimum atomic E-state index is -3.22. The SMILES string of the molecule is CC(O)C1C(=O)N2C(C(=O)O)=C(S[C@@H]3CN[C@H](C=CCNS(C)(=O)=O)C3)[C@H](C)[C@H]12. The normalized spacial score (nSPS) is 33.3. The monoisotopic (exact) mass is 445 g/mol. The number of carbonyl (C=O) groups is 2. The van der Waals surface area contributed by atoms with Gasteiger partial charge in [-0.3, -0.25) is 4.79 Å². The first-order valence-electron chi connectivity index (χ1n) is 9.51. The highest BCUT2D eigenvalue weighted by Crippen LogP contribution is 2.51. The molecule has 2 fully saturated rings. The molecule has 6 atom stereocenters. The number of carbonyl (C=O) groups excluding carboxylic acids is 1. The first-order valence-corrected chi connectivity index (χ1v) is 12.3. The molecule has 9 nitrogen and oxygen atoms in total. The quantitative estimate of drug-likeness (QED) is 0.296. The fourth-order valence-electron chi connectivity index (χ4n) is 4.26. The van der Waals surface area contributed by atoms with E-state index in [4.69, 9.17) is 0 Å². The number of carboxylic acid groups (broad SMARTS) is 1. The summed E-state index contributed by atoms with van der Waals surface area (Å²) >= 11 is 1.49. The summed E-state index contributed by atoms with van der Waals surface area (Å²) < 4.78 is 24.5. The largest absolute Gasteiger partial charge is 0.477 e. The Hall–Kier alpha value is -1.40.